The molecule has 0 amide bonds. The van der Waals surface area contributed by atoms with Crippen molar-refractivity contribution in [2.75, 3.05) is 13.1 Å². The van der Waals surface area contributed by atoms with Gasteiger partial charge in [-0.25, -0.2) is 4.98 Å². The van der Waals surface area contributed by atoms with Crippen LogP contribution in [0.1, 0.15) is 31.4 Å². The number of aromatic nitrogens is 1. The van der Waals surface area contributed by atoms with E-state index < -0.39 is 0 Å². The van der Waals surface area contributed by atoms with Crippen LogP contribution in [-0.2, 0) is 6.54 Å². The smallest absolute Gasteiger partial charge is 0.236 e. The Labute approximate surface area is 147 Å². The van der Waals surface area contributed by atoms with Crippen molar-refractivity contribution in [2.24, 2.45) is 5.73 Å². The van der Waals surface area contributed by atoms with Crippen LogP contribution in [0.4, 0.5) is 0 Å². The third-order valence-corrected chi connectivity index (χ3v) is 4.76. The Hall–Kier alpha value is -0.590. The van der Waals surface area contributed by atoms with E-state index in [1.165, 1.54) is 19.3 Å². The minimum atomic E-state index is 0. The molecule has 124 valence electrons. The predicted octanol–water partition coefficient (Wildman–Crippen LogP) is 3.95. The van der Waals surface area contributed by atoms with Gasteiger partial charge in [0.2, 0.25) is 5.89 Å². The van der Waals surface area contributed by atoms with Gasteiger partial charge in [0, 0.05) is 12.6 Å². The highest BCUT2D eigenvalue weighted by Gasteiger charge is 2.22. The summed E-state index contributed by atoms with van der Waals surface area (Å²) in [6.45, 7) is 2.78. The van der Waals surface area contributed by atoms with Crippen molar-refractivity contribution in [3.63, 3.8) is 0 Å². The number of oxazole rings is 1. The predicted molar refractivity (Wildman–Crippen MR) is 96.0 cm³/mol. The van der Waals surface area contributed by atoms with Gasteiger partial charge >= 0.3 is 0 Å². The van der Waals surface area contributed by atoms with E-state index in [0.29, 0.717) is 6.04 Å². The van der Waals surface area contributed by atoms with Crippen molar-refractivity contribution >= 4 is 36.2 Å². The van der Waals surface area contributed by atoms with Crippen LogP contribution in [-0.4, -0.2) is 29.0 Å². The molecular weight excluding hydrogens is 341 g/mol. The molecule has 2 aromatic rings. The lowest BCUT2D eigenvalue weighted by atomic mass is 9.99. The fourth-order valence-corrected chi connectivity index (χ4v) is 3.54. The first-order chi connectivity index (χ1) is 9.86. The van der Waals surface area contributed by atoms with Crippen LogP contribution in [0.15, 0.2) is 28.2 Å². The summed E-state index contributed by atoms with van der Waals surface area (Å²) in [4.78, 5) is 8.21. The zero-order valence-electron chi connectivity index (χ0n) is 12.4. The number of likely N-dealkylation sites (tertiary alicyclic amines) is 1. The molecule has 22 heavy (non-hydrogen) atoms. The van der Waals surface area contributed by atoms with Crippen molar-refractivity contribution in [3.05, 3.63) is 29.5 Å². The van der Waals surface area contributed by atoms with Crippen molar-refractivity contribution in [3.8, 4) is 10.8 Å². The first kappa shape index (κ1) is 19.5. The summed E-state index contributed by atoms with van der Waals surface area (Å²) in [5.74, 6) is 0.738. The standard InChI is InChI=1S/C15H21N3OS.2ClH/c16-7-6-13-4-1-2-8-18(13)10-12-11-19-15(17-12)14-5-3-9-20-14;;/h3,5,9,11,13H,1-2,4,6-8,10,16H2;2*1H. The number of piperidine rings is 1. The van der Waals surface area contributed by atoms with E-state index in [-0.39, 0.29) is 24.8 Å². The second-order valence-corrected chi connectivity index (χ2v) is 6.27. The Bertz CT molecular complexity index is 531. The second-order valence-electron chi connectivity index (χ2n) is 5.32. The van der Waals surface area contributed by atoms with Crippen LogP contribution < -0.4 is 5.73 Å². The van der Waals surface area contributed by atoms with Gasteiger partial charge in [-0.15, -0.1) is 36.2 Å². The first-order valence-corrected chi connectivity index (χ1v) is 8.17. The molecule has 1 aliphatic rings. The van der Waals surface area contributed by atoms with E-state index in [1.54, 1.807) is 17.6 Å². The third kappa shape index (κ3) is 4.70. The maximum atomic E-state index is 5.72. The highest BCUT2D eigenvalue weighted by atomic mass is 35.5. The molecule has 0 bridgehead atoms. The minimum Gasteiger partial charge on any atom is -0.444 e. The van der Waals surface area contributed by atoms with Crippen molar-refractivity contribution in [2.45, 2.75) is 38.3 Å². The topological polar surface area (TPSA) is 55.3 Å². The normalized spacial score (nSPS) is 18.5. The van der Waals surface area contributed by atoms with Crippen LogP contribution in [0.5, 0.6) is 0 Å². The molecule has 2 aromatic heterocycles. The van der Waals surface area contributed by atoms with Gasteiger partial charge < -0.3 is 10.2 Å². The van der Waals surface area contributed by atoms with Crippen LogP contribution in [0.25, 0.3) is 10.8 Å². The maximum Gasteiger partial charge on any atom is 0.236 e. The zero-order valence-corrected chi connectivity index (χ0v) is 14.9. The van der Waals surface area contributed by atoms with E-state index in [0.717, 1.165) is 42.5 Å². The minimum absolute atomic E-state index is 0. The average Bonchev–Trinajstić information content (AvgIpc) is 3.12. The van der Waals surface area contributed by atoms with Crippen molar-refractivity contribution in [1.29, 1.82) is 0 Å². The lowest BCUT2D eigenvalue weighted by Crippen LogP contribution is -2.40. The third-order valence-electron chi connectivity index (χ3n) is 3.90. The number of halogens is 2. The number of thiophene rings is 1. The molecule has 1 fully saturated rings. The molecule has 1 saturated heterocycles. The quantitative estimate of drug-likeness (QED) is 0.873. The fourth-order valence-electron chi connectivity index (χ4n) is 2.89. The molecule has 3 heterocycles. The summed E-state index contributed by atoms with van der Waals surface area (Å²) >= 11 is 1.66. The van der Waals surface area contributed by atoms with Gasteiger partial charge in [-0.1, -0.05) is 12.5 Å². The first-order valence-electron chi connectivity index (χ1n) is 7.29. The molecule has 7 heteroatoms. The summed E-state index contributed by atoms with van der Waals surface area (Å²) in [5, 5.41) is 2.04. The lowest BCUT2D eigenvalue weighted by molar-refractivity contribution is 0.132. The van der Waals surface area contributed by atoms with Gasteiger partial charge in [-0.2, -0.15) is 0 Å². The van der Waals surface area contributed by atoms with Crippen molar-refractivity contribution in [1.82, 2.24) is 9.88 Å². The number of hydrogen-bond donors (Lipinski definition) is 1. The monoisotopic (exact) mass is 363 g/mol. The Balaban J connectivity index is 0.00000121. The van der Waals surface area contributed by atoms with Gasteiger partial charge in [-0.05, 0) is 43.8 Å². The van der Waals surface area contributed by atoms with Crippen LogP contribution >= 0.6 is 36.2 Å². The molecule has 1 unspecified atom stereocenters. The van der Waals surface area contributed by atoms with E-state index in [1.807, 2.05) is 17.5 Å². The largest absolute Gasteiger partial charge is 0.444 e. The molecular formula is C15H23Cl2N3OS. The Morgan fingerprint density at radius 1 is 1.36 bits per heavy atom. The van der Waals surface area contributed by atoms with Gasteiger partial charge in [0.1, 0.15) is 6.26 Å². The molecule has 3 rings (SSSR count). The summed E-state index contributed by atoms with van der Waals surface area (Å²) < 4.78 is 5.59. The Morgan fingerprint density at radius 2 is 2.23 bits per heavy atom. The molecule has 0 spiro atoms. The molecule has 0 aliphatic carbocycles. The van der Waals surface area contributed by atoms with Crippen molar-refractivity contribution < 1.29 is 4.42 Å². The SMILES string of the molecule is Cl.Cl.NCCC1CCCCN1Cc1coc(-c2cccs2)n1. The van der Waals surface area contributed by atoms with E-state index in [2.05, 4.69) is 9.88 Å². The Morgan fingerprint density at radius 3 is 2.95 bits per heavy atom. The van der Waals surface area contributed by atoms with E-state index in [4.69, 9.17) is 10.2 Å². The molecule has 4 nitrogen and oxygen atoms in total. The van der Waals surface area contributed by atoms with Gasteiger partial charge in [-0.3, -0.25) is 4.90 Å². The fraction of sp³-hybridized carbons (Fsp3) is 0.533. The molecule has 1 atom stereocenters. The molecule has 1 aliphatic heterocycles. The number of hydrogen-bond acceptors (Lipinski definition) is 5. The van der Waals surface area contributed by atoms with Gasteiger partial charge in [0.25, 0.3) is 0 Å². The number of rotatable bonds is 5. The average molecular weight is 364 g/mol. The van der Waals surface area contributed by atoms with Crippen LogP contribution in [0.3, 0.4) is 0 Å². The second kappa shape index (κ2) is 9.53. The van der Waals surface area contributed by atoms with E-state index >= 15 is 0 Å². The summed E-state index contributed by atoms with van der Waals surface area (Å²) in [6, 6.07) is 4.67. The maximum absolute atomic E-state index is 5.72. The molecule has 2 N–H and O–H groups in total. The van der Waals surface area contributed by atoms with Crippen LogP contribution in [0.2, 0.25) is 0 Å². The molecule has 0 aromatic carbocycles. The van der Waals surface area contributed by atoms with E-state index in [9.17, 15) is 0 Å². The number of nitrogens with two attached hydrogens (primary N) is 1. The molecule has 0 radical (unpaired) electrons. The molecule has 0 saturated carbocycles. The van der Waals surface area contributed by atoms with Crippen LogP contribution in [0, 0.1) is 0 Å². The lowest BCUT2D eigenvalue weighted by Gasteiger charge is -2.35. The van der Waals surface area contributed by atoms with Gasteiger partial charge in [0.05, 0.1) is 10.6 Å². The number of nitrogens with zero attached hydrogens (tertiary/aromatic N) is 2. The summed E-state index contributed by atoms with van der Waals surface area (Å²) in [7, 11) is 0. The van der Waals surface area contributed by atoms with Gasteiger partial charge in [0.15, 0.2) is 0 Å². The highest BCUT2D eigenvalue weighted by Crippen LogP contribution is 2.26. The Kier molecular flexibility index (Phi) is 8.43. The zero-order chi connectivity index (χ0) is 13.8. The summed E-state index contributed by atoms with van der Waals surface area (Å²) in [5.41, 5.74) is 6.75. The highest BCUT2D eigenvalue weighted by molar-refractivity contribution is 7.13. The summed E-state index contributed by atoms with van der Waals surface area (Å²) in [6.07, 6.45) is 6.72.